The lowest BCUT2D eigenvalue weighted by molar-refractivity contribution is -0.660. The second kappa shape index (κ2) is 4.33. The summed E-state index contributed by atoms with van der Waals surface area (Å²) in [6, 6.07) is 6.11. The molecule has 0 bridgehead atoms. The van der Waals surface area contributed by atoms with Crippen molar-refractivity contribution < 1.29 is 16.9 Å². The number of nitrogens with zero attached hydrogens (tertiary/aromatic N) is 1. The average Bonchev–Trinajstić information content (AvgIpc) is 2.44. The van der Waals surface area contributed by atoms with E-state index in [9.17, 15) is 0 Å². The molecule has 17 heavy (non-hydrogen) atoms. The highest BCUT2D eigenvalue weighted by Crippen LogP contribution is 2.23. The summed E-state index contributed by atoms with van der Waals surface area (Å²) in [6.07, 6.45) is 1.28. The Morgan fingerprint density at radius 3 is 2.53 bits per heavy atom. The molecular weight excluding hydrogens is 206 g/mol. The SMILES string of the molecule is [2H]C([2H])([2H])c1cc(-c2cccc(C([2H])([2H])[2H])c2C)[n+](C)cc1C([2H])([2H])[2H]. The van der Waals surface area contributed by atoms with Gasteiger partial charge in [-0.2, -0.15) is 0 Å². The van der Waals surface area contributed by atoms with Gasteiger partial charge in [0.1, 0.15) is 7.05 Å². The van der Waals surface area contributed by atoms with E-state index in [1.807, 2.05) is 0 Å². The van der Waals surface area contributed by atoms with Gasteiger partial charge >= 0.3 is 0 Å². The minimum absolute atomic E-state index is 0.172. The largest absolute Gasteiger partial charge is 0.212 e. The van der Waals surface area contributed by atoms with E-state index in [0.717, 1.165) is 0 Å². The number of hydrogen-bond donors (Lipinski definition) is 0. The molecule has 2 aromatic rings. The minimum atomic E-state index is -2.61. The summed E-state index contributed by atoms with van der Waals surface area (Å²) in [5.74, 6) is 0. The van der Waals surface area contributed by atoms with Crippen molar-refractivity contribution in [1.82, 2.24) is 0 Å². The molecule has 0 amide bonds. The van der Waals surface area contributed by atoms with E-state index >= 15 is 0 Å². The van der Waals surface area contributed by atoms with Crippen LogP contribution in [0.3, 0.4) is 0 Å². The normalized spacial score (nSPS) is 20.7. The van der Waals surface area contributed by atoms with E-state index in [2.05, 4.69) is 0 Å². The number of aromatic nitrogens is 1. The van der Waals surface area contributed by atoms with E-state index in [4.69, 9.17) is 12.3 Å². The average molecular weight is 235 g/mol. The molecule has 1 aromatic carbocycles. The highest BCUT2D eigenvalue weighted by atomic mass is 14.9. The predicted molar refractivity (Wildman–Crippen MR) is 72.0 cm³/mol. The van der Waals surface area contributed by atoms with E-state index in [-0.39, 0.29) is 16.7 Å². The standard InChI is InChI=1S/C16H20N/c1-11-7-6-8-15(14(11)4)16-9-12(2)13(3)10-17(16)5/h6-10H,1-5H3/q+1/i1D3,2D3,3D3. The van der Waals surface area contributed by atoms with Crippen molar-refractivity contribution in [2.24, 2.45) is 7.05 Å². The quantitative estimate of drug-likeness (QED) is 0.667. The molecule has 1 heteroatoms. The van der Waals surface area contributed by atoms with Gasteiger partial charge < -0.3 is 0 Å². The Balaban J connectivity index is 2.81. The molecule has 2 rings (SSSR count). The van der Waals surface area contributed by atoms with Crippen LogP contribution in [-0.2, 0) is 7.05 Å². The molecule has 0 radical (unpaired) electrons. The van der Waals surface area contributed by atoms with Crippen molar-refractivity contribution in [2.45, 2.75) is 27.5 Å². The van der Waals surface area contributed by atoms with Crippen LogP contribution in [0.15, 0.2) is 30.5 Å². The molecule has 0 unspecified atom stereocenters. The van der Waals surface area contributed by atoms with Crippen LogP contribution in [0.2, 0.25) is 0 Å². The fraction of sp³-hybridized carbons (Fsp3) is 0.312. The van der Waals surface area contributed by atoms with Crippen LogP contribution in [0.25, 0.3) is 11.3 Å². The number of pyridine rings is 1. The number of hydrogen-bond acceptors (Lipinski definition) is 0. The molecule has 0 saturated heterocycles. The van der Waals surface area contributed by atoms with E-state index in [0.29, 0.717) is 16.8 Å². The van der Waals surface area contributed by atoms with Crippen molar-refractivity contribution >= 4 is 0 Å². The molecule has 0 saturated carbocycles. The fourth-order valence-electron chi connectivity index (χ4n) is 1.83. The summed E-state index contributed by atoms with van der Waals surface area (Å²) < 4.78 is 70.4. The lowest BCUT2D eigenvalue weighted by Crippen LogP contribution is -2.31. The molecule has 0 N–H and O–H groups in total. The Morgan fingerprint density at radius 1 is 1.06 bits per heavy atom. The van der Waals surface area contributed by atoms with Crippen LogP contribution in [0.4, 0.5) is 0 Å². The highest BCUT2D eigenvalue weighted by molar-refractivity contribution is 5.63. The Kier molecular flexibility index (Phi) is 1.25. The monoisotopic (exact) mass is 235 g/mol. The predicted octanol–water partition coefficient (Wildman–Crippen LogP) is 3.41. The zero-order chi connectivity index (χ0) is 20.1. The van der Waals surface area contributed by atoms with Gasteiger partial charge in [-0.25, -0.2) is 4.57 Å². The van der Waals surface area contributed by atoms with Crippen LogP contribution in [0.5, 0.6) is 0 Å². The third-order valence-electron chi connectivity index (χ3n) is 2.88. The van der Waals surface area contributed by atoms with Gasteiger partial charge in [-0.05, 0) is 50.2 Å². The van der Waals surface area contributed by atoms with E-state index in [1.54, 1.807) is 26.1 Å². The first-order chi connectivity index (χ1) is 11.6. The minimum Gasteiger partial charge on any atom is -0.201 e. The molecule has 0 spiro atoms. The van der Waals surface area contributed by atoms with Gasteiger partial charge in [-0.3, -0.25) is 0 Å². The molecule has 0 fully saturated rings. The van der Waals surface area contributed by atoms with Gasteiger partial charge in [0.25, 0.3) is 0 Å². The number of rotatable bonds is 1. The van der Waals surface area contributed by atoms with Crippen molar-refractivity contribution in [3.05, 3.63) is 52.7 Å². The molecule has 1 aromatic heterocycles. The lowest BCUT2D eigenvalue weighted by atomic mass is 9.99. The summed E-state index contributed by atoms with van der Waals surface area (Å²) in [5.41, 5.74) is 1.15. The molecular formula is C16H20N+. The van der Waals surface area contributed by atoms with E-state index in [1.165, 1.54) is 22.9 Å². The van der Waals surface area contributed by atoms with Gasteiger partial charge in [-0.15, -0.1) is 0 Å². The summed E-state index contributed by atoms with van der Waals surface area (Å²) in [5, 5.41) is 0. The van der Waals surface area contributed by atoms with Crippen molar-refractivity contribution in [2.75, 3.05) is 0 Å². The maximum absolute atomic E-state index is 7.70. The third kappa shape index (κ3) is 2.10. The smallest absolute Gasteiger partial charge is 0.201 e. The number of aryl methyl sites for hydroxylation is 4. The summed E-state index contributed by atoms with van der Waals surface area (Å²) >= 11 is 0. The molecule has 1 heterocycles. The van der Waals surface area contributed by atoms with Gasteiger partial charge in [0, 0.05) is 29.5 Å². The van der Waals surface area contributed by atoms with Gasteiger partial charge in [0.15, 0.2) is 6.20 Å². The Bertz CT molecular complexity index is 829. The summed E-state index contributed by atoms with van der Waals surface area (Å²) in [4.78, 5) is 0. The van der Waals surface area contributed by atoms with Crippen LogP contribution < -0.4 is 4.57 Å². The first kappa shape index (κ1) is 4.93. The molecule has 88 valence electrons. The Labute approximate surface area is 116 Å². The zero-order valence-corrected chi connectivity index (χ0v) is 9.83. The first-order valence-electron chi connectivity index (χ1n) is 9.79. The molecule has 0 aliphatic carbocycles. The van der Waals surface area contributed by atoms with Crippen molar-refractivity contribution in [1.29, 1.82) is 0 Å². The van der Waals surface area contributed by atoms with Crippen molar-refractivity contribution in [3.8, 4) is 11.3 Å². The van der Waals surface area contributed by atoms with Gasteiger partial charge in [-0.1, -0.05) is 12.1 Å². The third-order valence-corrected chi connectivity index (χ3v) is 2.88. The second-order valence-corrected chi connectivity index (χ2v) is 4.08. The fourth-order valence-corrected chi connectivity index (χ4v) is 1.83. The summed E-state index contributed by atoms with van der Waals surface area (Å²) in [6.45, 7) is -5.83. The van der Waals surface area contributed by atoms with Crippen LogP contribution in [-0.4, -0.2) is 0 Å². The van der Waals surface area contributed by atoms with Gasteiger partial charge in [0.2, 0.25) is 5.69 Å². The number of benzene rings is 1. The van der Waals surface area contributed by atoms with Crippen LogP contribution in [0.1, 0.15) is 34.6 Å². The first-order valence-corrected chi connectivity index (χ1v) is 5.29. The van der Waals surface area contributed by atoms with Crippen LogP contribution in [0, 0.1) is 27.5 Å². The summed E-state index contributed by atoms with van der Waals surface area (Å²) in [7, 11) is 1.61. The van der Waals surface area contributed by atoms with E-state index < -0.39 is 20.6 Å². The topological polar surface area (TPSA) is 3.88 Å². The van der Waals surface area contributed by atoms with Gasteiger partial charge in [0.05, 0.1) is 0 Å². The maximum Gasteiger partial charge on any atom is 0.212 e. The second-order valence-electron chi connectivity index (χ2n) is 4.08. The highest BCUT2D eigenvalue weighted by Gasteiger charge is 2.14. The van der Waals surface area contributed by atoms with Crippen LogP contribution >= 0.6 is 0 Å². The molecule has 0 aliphatic heterocycles. The Morgan fingerprint density at radius 2 is 1.82 bits per heavy atom. The lowest BCUT2D eigenvalue weighted by Gasteiger charge is -2.08. The maximum atomic E-state index is 7.70. The zero-order valence-electron chi connectivity index (χ0n) is 18.8. The molecule has 1 nitrogen and oxygen atoms in total. The molecule has 0 atom stereocenters. The Hall–Kier alpha value is -1.63. The van der Waals surface area contributed by atoms with Crippen molar-refractivity contribution in [3.63, 3.8) is 0 Å². The molecule has 0 aliphatic rings.